The third kappa shape index (κ3) is 3.90. The van der Waals surface area contributed by atoms with Crippen LogP contribution in [0.2, 0.25) is 0 Å². The molecule has 2 aromatic carbocycles. The van der Waals surface area contributed by atoms with Crippen molar-refractivity contribution in [3.05, 3.63) is 89.9 Å². The molecule has 4 rings (SSSR count). The molecule has 9 nitrogen and oxygen atoms in total. The van der Waals surface area contributed by atoms with E-state index in [-0.39, 0.29) is 0 Å². The number of tetrazole rings is 1. The van der Waals surface area contributed by atoms with E-state index >= 15 is 0 Å². The highest BCUT2D eigenvalue weighted by molar-refractivity contribution is 6.00. The van der Waals surface area contributed by atoms with Crippen LogP contribution in [0.1, 0.15) is 26.3 Å². The van der Waals surface area contributed by atoms with Crippen LogP contribution >= 0.6 is 0 Å². The standard InChI is InChI=1S/C21H17N7O2/c1-14-17(19-7-2-3-12-22-19)5-4-6-18(14)21(30)25-24-20(29)15-8-10-16(11-9-15)28-13-23-26-27-28/h2-13H,1H3,(H,24,29)(H,25,30). The quantitative estimate of drug-likeness (QED) is 0.508. The first-order valence-electron chi connectivity index (χ1n) is 9.08. The first-order chi connectivity index (χ1) is 14.6. The van der Waals surface area contributed by atoms with E-state index in [4.69, 9.17) is 0 Å². The molecule has 2 amide bonds. The lowest BCUT2D eigenvalue weighted by Crippen LogP contribution is -2.41. The second kappa shape index (κ2) is 8.31. The van der Waals surface area contributed by atoms with Gasteiger partial charge in [-0.05, 0) is 65.4 Å². The van der Waals surface area contributed by atoms with Crippen LogP contribution < -0.4 is 10.9 Å². The molecular weight excluding hydrogens is 382 g/mol. The molecule has 9 heteroatoms. The van der Waals surface area contributed by atoms with Crippen molar-refractivity contribution < 1.29 is 9.59 Å². The zero-order valence-corrected chi connectivity index (χ0v) is 16.0. The Labute approximate surface area is 171 Å². The average Bonchev–Trinajstić information content (AvgIpc) is 3.33. The van der Waals surface area contributed by atoms with Gasteiger partial charge in [0.15, 0.2) is 0 Å². The lowest BCUT2D eigenvalue weighted by molar-refractivity contribution is 0.0846. The highest BCUT2D eigenvalue weighted by atomic mass is 16.2. The molecule has 30 heavy (non-hydrogen) atoms. The molecule has 0 atom stereocenters. The average molecular weight is 399 g/mol. The van der Waals surface area contributed by atoms with Crippen LogP contribution in [0.5, 0.6) is 0 Å². The molecule has 4 aromatic rings. The molecule has 0 aliphatic rings. The highest BCUT2D eigenvalue weighted by Gasteiger charge is 2.14. The van der Waals surface area contributed by atoms with E-state index in [2.05, 4.69) is 31.4 Å². The summed E-state index contributed by atoms with van der Waals surface area (Å²) in [6.07, 6.45) is 3.16. The largest absolute Gasteiger partial charge is 0.269 e. The number of pyridine rings is 1. The van der Waals surface area contributed by atoms with E-state index in [9.17, 15) is 9.59 Å². The van der Waals surface area contributed by atoms with E-state index in [1.54, 1.807) is 42.6 Å². The number of benzene rings is 2. The van der Waals surface area contributed by atoms with Crippen molar-refractivity contribution in [3.63, 3.8) is 0 Å². The fourth-order valence-electron chi connectivity index (χ4n) is 2.98. The minimum atomic E-state index is -0.440. The molecule has 2 aromatic heterocycles. The van der Waals surface area contributed by atoms with Crippen molar-refractivity contribution in [1.29, 1.82) is 0 Å². The molecule has 0 spiro atoms. The van der Waals surface area contributed by atoms with Crippen molar-refractivity contribution in [2.45, 2.75) is 6.92 Å². The molecule has 0 saturated carbocycles. The molecule has 0 aliphatic heterocycles. The first-order valence-corrected chi connectivity index (χ1v) is 9.08. The zero-order valence-electron chi connectivity index (χ0n) is 16.0. The molecule has 2 N–H and O–H groups in total. The van der Waals surface area contributed by atoms with Gasteiger partial charge in [0.05, 0.1) is 11.4 Å². The van der Waals surface area contributed by atoms with Gasteiger partial charge < -0.3 is 0 Å². The molecular formula is C21H17N7O2. The van der Waals surface area contributed by atoms with E-state index < -0.39 is 11.8 Å². The number of amides is 2. The molecule has 0 radical (unpaired) electrons. The van der Waals surface area contributed by atoms with Gasteiger partial charge in [-0.15, -0.1) is 5.10 Å². The minimum Gasteiger partial charge on any atom is -0.267 e. The second-order valence-corrected chi connectivity index (χ2v) is 6.40. The van der Waals surface area contributed by atoms with Crippen LogP contribution in [0, 0.1) is 6.92 Å². The van der Waals surface area contributed by atoms with Gasteiger partial charge in [-0.25, -0.2) is 4.68 Å². The molecule has 2 heterocycles. The summed E-state index contributed by atoms with van der Waals surface area (Å²) in [5.74, 6) is -0.853. The maximum atomic E-state index is 12.6. The summed E-state index contributed by atoms with van der Waals surface area (Å²) in [6, 6.07) is 17.6. The van der Waals surface area contributed by atoms with Crippen LogP contribution in [0.4, 0.5) is 0 Å². The molecule has 0 aliphatic carbocycles. The van der Waals surface area contributed by atoms with Gasteiger partial charge in [0.1, 0.15) is 6.33 Å². The Hall–Kier alpha value is -4.40. The second-order valence-electron chi connectivity index (χ2n) is 6.40. The van der Waals surface area contributed by atoms with Crippen LogP contribution in [-0.4, -0.2) is 37.0 Å². The predicted molar refractivity (Wildman–Crippen MR) is 108 cm³/mol. The number of aromatic nitrogens is 5. The molecule has 0 bridgehead atoms. The van der Waals surface area contributed by atoms with Crippen LogP contribution in [-0.2, 0) is 0 Å². The van der Waals surface area contributed by atoms with Crippen LogP contribution in [0.25, 0.3) is 16.9 Å². The van der Waals surface area contributed by atoms with Crippen molar-refractivity contribution in [2.24, 2.45) is 0 Å². The topological polar surface area (TPSA) is 115 Å². The maximum absolute atomic E-state index is 12.6. The van der Waals surface area contributed by atoms with E-state index in [1.807, 2.05) is 31.2 Å². The Morgan fingerprint density at radius 1 is 0.900 bits per heavy atom. The van der Waals surface area contributed by atoms with Gasteiger partial charge in [0.2, 0.25) is 0 Å². The van der Waals surface area contributed by atoms with E-state index in [0.717, 1.165) is 16.8 Å². The van der Waals surface area contributed by atoms with Crippen molar-refractivity contribution in [3.8, 4) is 16.9 Å². The normalized spacial score (nSPS) is 10.4. The van der Waals surface area contributed by atoms with Crippen molar-refractivity contribution >= 4 is 11.8 Å². The van der Waals surface area contributed by atoms with Gasteiger partial charge in [0, 0.05) is 22.9 Å². The number of hydrogen-bond acceptors (Lipinski definition) is 6. The number of rotatable bonds is 4. The predicted octanol–water partition coefficient (Wildman–Crippen LogP) is 2.11. The minimum absolute atomic E-state index is 0.381. The fraction of sp³-hybridized carbons (Fsp3) is 0.0476. The Morgan fingerprint density at radius 2 is 1.70 bits per heavy atom. The smallest absolute Gasteiger partial charge is 0.267 e. The molecule has 148 valence electrons. The van der Waals surface area contributed by atoms with E-state index in [1.165, 1.54) is 11.0 Å². The highest BCUT2D eigenvalue weighted by Crippen LogP contribution is 2.23. The van der Waals surface area contributed by atoms with Crippen LogP contribution in [0.3, 0.4) is 0 Å². The zero-order chi connectivity index (χ0) is 20.9. The van der Waals surface area contributed by atoms with Gasteiger partial charge in [-0.2, -0.15) is 0 Å². The number of hydrazine groups is 1. The Balaban J connectivity index is 1.44. The Kier molecular flexibility index (Phi) is 5.25. The fourth-order valence-corrected chi connectivity index (χ4v) is 2.98. The summed E-state index contributed by atoms with van der Waals surface area (Å²) < 4.78 is 1.47. The van der Waals surface area contributed by atoms with Crippen molar-refractivity contribution in [2.75, 3.05) is 0 Å². The first kappa shape index (κ1) is 18.9. The number of carbonyl (C=O) groups excluding carboxylic acids is 2. The monoisotopic (exact) mass is 399 g/mol. The molecule has 0 fully saturated rings. The summed E-state index contributed by atoms with van der Waals surface area (Å²) in [5.41, 5.74) is 8.84. The summed E-state index contributed by atoms with van der Waals surface area (Å²) in [7, 11) is 0. The number of carbonyl (C=O) groups is 2. The van der Waals surface area contributed by atoms with Crippen LogP contribution in [0.15, 0.2) is 73.2 Å². The number of hydrogen-bond donors (Lipinski definition) is 2. The maximum Gasteiger partial charge on any atom is 0.269 e. The third-order valence-corrected chi connectivity index (χ3v) is 4.55. The lowest BCUT2D eigenvalue weighted by atomic mass is 9.99. The Bertz CT molecular complexity index is 1170. The molecule has 0 saturated heterocycles. The van der Waals surface area contributed by atoms with E-state index in [0.29, 0.717) is 16.8 Å². The summed E-state index contributed by atoms with van der Waals surface area (Å²) in [5, 5.41) is 10.9. The number of nitrogens with zero attached hydrogens (tertiary/aromatic N) is 5. The summed E-state index contributed by atoms with van der Waals surface area (Å²) in [6.45, 7) is 1.85. The number of nitrogens with one attached hydrogen (secondary N) is 2. The summed E-state index contributed by atoms with van der Waals surface area (Å²) in [4.78, 5) is 29.3. The Morgan fingerprint density at radius 3 is 2.40 bits per heavy atom. The van der Waals surface area contributed by atoms with Gasteiger partial charge >= 0.3 is 0 Å². The van der Waals surface area contributed by atoms with Gasteiger partial charge in [-0.1, -0.05) is 18.2 Å². The SMILES string of the molecule is Cc1c(C(=O)NNC(=O)c2ccc(-n3cnnn3)cc2)cccc1-c1ccccn1. The lowest BCUT2D eigenvalue weighted by Gasteiger charge is -2.12. The third-order valence-electron chi connectivity index (χ3n) is 4.55. The van der Waals surface area contributed by atoms with Crippen molar-refractivity contribution in [1.82, 2.24) is 36.0 Å². The molecule has 0 unspecified atom stereocenters. The van der Waals surface area contributed by atoms with Gasteiger partial charge in [-0.3, -0.25) is 25.4 Å². The van der Waals surface area contributed by atoms with Gasteiger partial charge in [0.25, 0.3) is 11.8 Å². The summed E-state index contributed by atoms with van der Waals surface area (Å²) >= 11 is 0.